The molecule has 6 heteroatoms. The number of anilines is 2. The summed E-state index contributed by atoms with van der Waals surface area (Å²) in [5.41, 5.74) is 0. The molecule has 0 saturated carbocycles. The van der Waals surface area contributed by atoms with Crippen LogP contribution in [0.4, 0.5) is 11.6 Å². The van der Waals surface area contributed by atoms with Gasteiger partial charge in [0.2, 0.25) is 0 Å². The van der Waals surface area contributed by atoms with Gasteiger partial charge < -0.3 is 10.2 Å². The van der Waals surface area contributed by atoms with Crippen LogP contribution in [0.2, 0.25) is 0 Å². The van der Waals surface area contributed by atoms with Gasteiger partial charge in [-0.25, -0.2) is 9.97 Å². The van der Waals surface area contributed by atoms with Crippen molar-refractivity contribution in [3.63, 3.8) is 0 Å². The molecule has 0 spiro atoms. The summed E-state index contributed by atoms with van der Waals surface area (Å²) in [4.78, 5) is 13.5. The van der Waals surface area contributed by atoms with Gasteiger partial charge in [0.05, 0.1) is 0 Å². The number of rotatable bonds is 5. The standard InChI is InChI=1S/C13H22BrN5/c1-3-5-18-6-8-19(9-7-18)13-11(14)12(15-4-2)16-10-17-13/h10H,3-9H2,1-2H3,(H,15,16,17). The van der Waals surface area contributed by atoms with E-state index in [1.54, 1.807) is 6.33 Å². The van der Waals surface area contributed by atoms with Crippen LogP contribution in [0, 0.1) is 0 Å². The highest BCUT2D eigenvalue weighted by Crippen LogP contribution is 2.29. The molecule has 106 valence electrons. The van der Waals surface area contributed by atoms with E-state index in [0.717, 1.165) is 48.8 Å². The van der Waals surface area contributed by atoms with Gasteiger partial charge in [0, 0.05) is 32.7 Å². The molecular weight excluding hydrogens is 306 g/mol. The van der Waals surface area contributed by atoms with E-state index in [1.807, 2.05) is 0 Å². The van der Waals surface area contributed by atoms with Crippen LogP contribution >= 0.6 is 15.9 Å². The van der Waals surface area contributed by atoms with Gasteiger partial charge in [-0.3, -0.25) is 4.90 Å². The van der Waals surface area contributed by atoms with Gasteiger partial charge in [0.25, 0.3) is 0 Å². The lowest BCUT2D eigenvalue weighted by Gasteiger charge is -2.35. The molecule has 0 atom stereocenters. The van der Waals surface area contributed by atoms with Crippen molar-refractivity contribution in [3.05, 3.63) is 10.8 Å². The molecule has 1 saturated heterocycles. The molecule has 19 heavy (non-hydrogen) atoms. The van der Waals surface area contributed by atoms with Crippen molar-refractivity contribution in [3.8, 4) is 0 Å². The van der Waals surface area contributed by atoms with Crippen LogP contribution < -0.4 is 10.2 Å². The van der Waals surface area contributed by atoms with Gasteiger partial charge >= 0.3 is 0 Å². The highest BCUT2D eigenvalue weighted by molar-refractivity contribution is 9.10. The molecule has 0 unspecified atom stereocenters. The number of nitrogens with one attached hydrogen (secondary N) is 1. The Labute approximate surface area is 123 Å². The summed E-state index contributed by atoms with van der Waals surface area (Å²) < 4.78 is 0.973. The van der Waals surface area contributed by atoms with Crippen LogP contribution in [0.1, 0.15) is 20.3 Å². The van der Waals surface area contributed by atoms with Crippen LogP contribution in [0.3, 0.4) is 0 Å². The Hall–Kier alpha value is -0.880. The van der Waals surface area contributed by atoms with E-state index in [2.05, 4.69) is 54.9 Å². The van der Waals surface area contributed by atoms with Crippen LogP contribution in [0.15, 0.2) is 10.8 Å². The first-order valence-electron chi connectivity index (χ1n) is 6.98. The second-order valence-electron chi connectivity index (χ2n) is 4.72. The van der Waals surface area contributed by atoms with Crippen LogP contribution in [-0.2, 0) is 0 Å². The second kappa shape index (κ2) is 7.05. The zero-order valence-electron chi connectivity index (χ0n) is 11.7. The Bertz CT molecular complexity index is 404. The maximum atomic E-state index is 4.43. The van der Waals surface area contributed by atoms with E-state index in [0.29, 0.717) is 0 Å². The third-order valence-electron chi connectivity index (χ3n) is 3.33. The van der Waals surface area contributed by atoms with Crippen LogP contribution in [0.25, 0.3) is 0 Å². The zero-order valence-corrected chi connectivity index (χ0v) is 13.3. The molecule has 5 nitrogen and oxygen atoms in total. The van der Waals surface area contributed by atoms with Crippen molar-refractivity contribution in [2.24, 2.45) is 0 Å². The molecule has 0 aliphatic carbocycles. The smallest absolute Gasteiger partial charge is 0.148 e. The van der Waals surface area contributed by atoms with E-state index >= 15 is 0 Å². The Kier molecular flexibility index (Phi) is 5.39. The Morgan fingerprint density at radius 3 is 2.58 bits per heavy atom. The van der Waals surface area contributed by atoms with Gasteiger partial charge in [-0.05, 0) is 35.8 Å². The number of hydrogen-bond acceptors (Lipinski definition) is 5. The lowest BCUT2D eigenvalue weighted by Crippen LogP contribution is -2.47. The fourth-order valence-electron chi connectivity index (χ4n) is 2.37. The van der Waals surface area contributed by atoms with Crippen LogP contribution in [-0.4, -0.2) is 54.1 Å². The van der Waals surface area contributed by atoms with Crippen molar-refractivity contribution in [2.75, 3.05) is 49.5 Å². The fraction of sp³-hybridized carbons (Fsp3) is 0.692. The summed E-state index contributed by atoms with van der Waals surface area (Å²) >= 11 is 3.62. The summed E-state index contributed by atoms with van der Waals surface area (Å²) in [5, 5.41) is 3.25. The maximum Gasteiger partial charge on any atom is 0.148 e. The second-order valence-corrected chi connectivity index (χ2v) is 5.51. The molecular formula is C13H22BrN5. The molecule has 1 N–H and O–H groups in total. The van der Waals surface area contributed by atoms with Crippen LogP contribution in [0.5, 0.6) is 0 Å². The average molecular weight is 328 g/mol. The number of halogens is 1. The first-order chi connectivity index (χ1) is 9.26. The van der Waals surface area contributed by atoms with Gasteiger partial charge in [-0.2, -0.15) is 0 Å². The Balaban J connectivity index is 2.05. The molecule has 0 aromatic carbocycles. The summed E-state index contributed by atoms with van der Waals surface area (Å²) in [5.74, 6) is 1.88. The minimum Gasteiger partial charge on any atom is -0.369 e. The van der Waals surface area contributed by atoms with Crippen molar-refractivity contribution in [1.29, 1.82) is 0 Å². The van der Waals surface area contributed by atoms with Crippen molar-refractivity contribution >= 4 is 27.6 Å². The molecule has 0 bridgehead atoms. The molecule has 2 rings (SSSR count). The average Bonchev–Trinajstić information content (AvgIpc) is 2.43. The van der Waals surface area contributed by atoms with E-state index in [-0.39, 0.29) is 0 Å². The fourth-order valence-corrected chi connectivity index (χ4v) is 2.97. The number of nitrogens with zero attached hydrogens (tertiary/aromatic N) is 4. The molecule has 1 aliphatic heterocycles. The van der Waals surface area contributed by atoms with Crippen molar-refractivity contribution in [1.82, 2.24) is 14.9 Å². The topological polar surface area (TPSA) is 44.3 Å². The minimum absolute atomic E-state index is 0.860. The van der Waals surface area contributed by atoms with E-state index < -0.39 is 0 Å². The lowest BCUT2D eigenvalue weighted by molar-refractivity contribution is 0.258. The van der Waals surface area contributed by atoms with E-state index in [1.165, 1.54) is 13.0 Å². The zero-order chi connectivity index (χ0) is 13.7. The first kappa shape index (κ1) is 14.5. The lowest BCUT2D eigenvalue weighted by atomic mass is 10.3. The van der Waals surface area contributed by atoms with Crippen molar-refractivity contribution in [2.45, 2.75) is 20.3 Å². The molecule has 2 heterocycles. The summed E-state index contributed by atoms with van der Waals surface area (Å²) in [6.07, 6.45) is 2.86. The quantitative estimate of drug-likeness (QED) is 0.898. The molecule has 1 fully saturated rings. The normalized spacial score (nSPS) is 16.7. The highest BCUT2D eigenvalue weighted by atomic mass is 79.9. The van der Waals surface area contributed by atoms with Gasteiger partial charge in [-0.1, -0.05) is 6.92 Å². The van der Waals surface area contributed by atoms with Gasteiger partial charge in [0.1, 0.15) is 22.4 Å². The molecule has 1 aromatic rings. The highest BCUT2D eigenvalue weighted by Gasteiger charge is 2.20. The third-order valence-corrected chi connectivity index (χ3v) is 4.06. The molecule has 0 radical (unpaired) electrons. The Morgan fingerprint density at radius 2 is 1.95 bits per heavy atom. The van der Waals surface area contributed by atoms with E-state index in [4.69, 9.17) is 0 Å². The summed E-state index contributed by atoms with van der Waals surface area (Å²) in [7, 11) is 0. The SMILES string of the molecule is CCCN1CCN(c2ncnc(NCC)c2Br)CC1. The van der Waals surface area contributed by atoms with Gasteiger partial charge in [-0.15, -0.1) is 0 Å². The maximum absolute atomic E-state index is 4.43. The van der Waals surface area contributed by atoms with Gasteiger partial charge in [0.15, 0.2) is 0 Å². The number of piperazine rings is 1. The largest absolute Gasteiger partial charge is 0.369 e. The molecule has 1 aliphatic rings. The van der Waals surface area contributed by atoms with Crippen molar-refractivity contribution < 1.29 is 0 Å². The number of aromatic nitrogens is 2. The minimum atomic E-state index is 0.860. The van der Waals surface area contributed by atoms with E-state index in [9.17, 15) is 0 Å². The summed E-state index contributed by atoms with van der Waals surface area (Å²) in [6.45, 7) is 10.6. The molecule has 1 aromatic heterocycles. The predicted octanol–water partition coefficient (Wildman–Crippen LogP) is 2.20. The monoisotopic (exact) mass is 327 g/mol. The first-order valence-corrected chi connectivity index (χ1v) is 7.77. The predicted molar refractivity (Wildman–Crippen MR) is 82.8 cm³/mol. The summed E-state index contributed by atoms with van der Waals surface area (Å²) in [6, 6.07) is 0. The number of hydrogen-bond donors (Lipinski definition) is 1. The Morgan fingerprint density at radius 1 is 1.21 bits per heavy atom. The third kappa shape index (κ3) is 3.57. The molecule has 0 amide bonds.